The molecule has 0 unspecified atom stereocenters. The number of H-pyrrole nitrogens is 1. The molecule has 17 heavy (non-hydrogen) atoms. The lowest BCUT2D eigenvalue weighted by Crippen LogP contribution is -2.31. The molecule has 94 valence electrons. The van der Waals surface area contributed by atoms with Gasteiger partial charge in [0.1, 0.15) is 0 Å². The average molecular weight is 236 g/mol. The molecule has 0 radical (unpaired) electrons. The Morgan fingerprint density at radius 3 is 2.82 bits per heavy atom. The molecule has 0 aliphatic rings. The zero-order chi connectivity index (χ0) is 12.8. The first-order chi connectivity index (χ1) is 8.15. The zero-order valence-electron chi connectivity index (χ0n) is 10.5. The number of nitrogens with one attached hydrogen (secondary N) is 1. The van der Waals surface area contributed by atoms with Gasteiger partial charge in [0.25, 0.3) is 5.91 Å². The fraction of sp³-hybridized carbons (Fsp3) is 0.500. The van der Waals surface area contributed by atoms with Gasteiger partial charge in [-0.2, -0.15) is 5.10 Å². The molecule has 1 amide bonds. The number of likely N-dealkylation sites (N-methyl/N-ethyl adjacent to an activating group) is 1. The number of carbonyl (C=O) groups excluding carboxylic acids is 1. The van der Waals surface area contributed by atoms with Crippen molar-refractivity contribution in [2.45, 2.75) is 26.7 Å². The van der Waals surface area contributed by atoms with Crippen LogP contribution in [0.2, 0.25) is 0 Å². The molecule has 1 aromatic rings. The van der Waals surface area contributed by atoms with Gasteiger partial charge in [0.15, 0.2) is 5.69 Å². The number of hydrogen-bond donors (Lipinski definition) is 2. The minimum atomic E-state index is -0.150. The predicted molar refractivity (Wildman–Crippen MR) is 68.8 cm³/mol. The quantitative estimate of drug-likeness (QED) is 0.736. The van der Waals surface area contributed by atoms with Gasteiger partial charge >= 0.3 is 0 Å². The van der Waals surface area contributed by atoms with Gasteiger partial charge in [-0.1, -0.05) is 19.4 Å². The van der Waals surface area contributed by atoms with Crippen molar-refractivity contribution in [3.8, 4) is 0 Å². The highest BCUT2D eigenvalue weighted by Crippen LogP contribution is 2.17. The van der Waals surface area contributed by atoms with E-state index in [1.54, 1.807) is 11.0 Å². The van der Waals surface area contributed by atoms with Gasteiger partial charge in [0.2, 0.25) is 0 Å². The molecule has 0 aliphatic heterocycles. The minimum absolute atomic E-state index is 0.150. The SMILES string of the molecule is C=CCN(CC)C(=O)c1n[nH]c(CCC)c1N. The van der Waals surface area contributed by atoms with E-state index in [1.165, 1.54) is 0 Å². The van der Waals surface area contributed by atoms with Gasteiger partial charge in [0.05, 0.1) is 11.4 Å². The molecule has 1 rings (SSSR count). The Hall–Kier alpha value is -1.78. The van der Waals surface area contributed by atoms with Crippen molar-refractivity contribution in [3.63, 3.8) is 0 Å². The van der Waals surface area contributed by atoms with Crippen LogP contribution < -0.4 is 5.73 Å². The second-order valence-corrected chi connectivity index (χ2v) is 3.85. The molecule has 0 saturated carbocycles. The summed E-state index contributed by atoms with van der Waals surface area (Å²) in [6, 6.07) is 0. The Bertz CT molecular complexity index is 397. The van der Waals surface area contributed by atoms with Crippen molar-refractivity contribution in [1.29, 1.82) is 0 Å². The lowest BCUT2D eigenvalue weighted by atomic mass is 10.2. The number of amides is 1. The highest BCUT2D eigenvalue weighted by Gasteiger charge is 2.20. The van der Waals surface area contributed by atoms with Crippen molar-refractivity contribution >= 4 is 11.6 Å². The topological polar surface area (TPSA) is 75.0 Å². The number of aromatic nitrogens is 2. The summed E-state index contributed by atoms with van der Waals surface area (Å²) >= 11 is 0. The summed E-state index contributed by atoms with van der Waals surface area (Å²) in [5.74, 6) is -0.150. The van der Waals surface area contributed by atoms with Crippen molar-refractivity contribution in [1.82, 2.24) is 15.1 Å². The van der Waals surface area contributed by atoms with Crippen LogP contribution in [0, 0.1) is 0 Å². The monoisotopic (exact) mass is 236 g/mol. The average Bonchev–Trinajstić information content (AvgIpc) is 2.68. The third-order valence-electron chi connectivity index (χ3n) is 2.60. The van der Waals surface area contributed by atoms with E-state index >= 15 is 0 Å². The molecule has 3 N–H and O–H groups in total. The van der Waals surface area contributed by atoms with Crippen molar-refractivity contribution in [3.05, 3.63) is 24.0 Å². The maximum Gasteiger partial charge on any atom is 0.276 e. The van der Waals surface area contributed by atoms with Crippen LogP contribution in [0.1, 0.15) is 36.5 Å². The van der Waals surface area contributed by atoms with Gasteiger partial charge < -0.3 is 10.6 Å². The normalized spacial score (nSPS) is 10.2. The number of nitrogens with zero attached hydrogens (tertiary/aromatic N) is 2. The van der Waals surface area contributed by atoms with E-state index in [1.807, 2.05) is 6.92 Å². The van der Waals surface area contributed by atoms with Gasteiger partial charge in [0, 0.05) is 13.1 Å². The largest absolute Gasteiger partial charge is 0.395 e. The number of hydrogen-bond acceptors (Lipinski definition) is 3. The first kappa shape index (κ1) is 13.3. The van der Waals surface area contributed by atoms with Crippen LogP contribution in [0.15, 0.2) is 12.7 Å². The summed E-state index contributed by atoms with van der Waals surface area (Å²) < 4.78 is 0. The highest BCUT2D eigenvalue weighted by molar-refractivity contribution is 5.97. The van der Waals surface area contributed by atoms with Gasteiger partial charge in [-0.3, -0.25) is 9.89 Å². The number of aromatic amines is 1. The molecule has 0 saturated heterocycles. The Morgan fingerprint density at radius 1 is 1.59 bits per heavy atom. The van der Waals surface area contributed by atoms with Crippen LogP contribution in [0.5, 0.6) is 0 Å². The summed E-state index contributed by atoms with van der Waals surface area (Å²) in [6.45, 7) is 8.71. The van der Waals surface area contributed by atoms with Crippen LogP contribution in [0.25, 0.3) is 0 Å². The smallest absolute Gasteiger partial charge is 0.276 e. The van der Waals surface area contributed by atoms with Crippen molar-refractivity contribution < 1.29 is 4.79 Å². The Kier molecular flexibility index (Phi) is 4.75. The molecule has 5 heteroatoms. The molecule has 0 spiro atoms. The Balaban J connectivity index is 2.91. The summed E-state index contributed by atoms with van der Waals surface area (Å²) in [6.07, 6.45) is 3.46. The first-order valence-corrected chi connectivity index (χ1v) is 5.88. The van der Waals surface area contributed by atoms with Gasteiger partial charge in [-0.25, -0.2) is 0 Å². The maximum absolute atomic E-state index is 12.1. The fourth-order valence-corrected chi connectivity index (χ4v) is 1.65. The maximum atomic E-state index is 12.1. The molecular formula is C12H20N4O. The van der Waals surface area contributed by atoms with Crippen LogP contribution in [0.4, 0.5) is 5.69 Å². The molecule has 0 bridgehead atoms. The summed E-state index contributed by atoms with van der Waals surface area (Å²) in [4.78, 5) is 13.8. The lowest BCUT2D eigenvalue weighted by Gasteiger charge is -2.17. The van der Waals surface area contributed by atoms with E-state index in [4.69, 9.17) is 5.73 Å². The number of anilines is 1. The first-order valence-electron chi connectivity index (χ1n) is 5.88. The number of rotatable bonds is 6. The third-order valence-corrected chi connectivity index (χ3v) is 2.60. The second-order valence-electron chi connectivity index (χ2n) is 3.85. The predicted octanol–water partition coefficient (Wildman–Crippen LogP) is 1.59. The standard InChI is InChI=1S/C12H20N4O/c1-4-7-9-10(13)11(15-14-9)12(17)16(6-3)8-5-2/h5H,2,4,6-8,13H2,1,3H3,(H,14,15). The number of aryl methyl sites for hydroxylation is 1. The van der Waals surface area contributed by atoms with Crippen LogP contribution in [0.3, 0.4) is 0 Å². The number of nitrogen functional groups attached to an aromatic ring is 1. The van der Waals surface area contributed by atoms with Gasteiger partial charge in [-0.15, -0.1) is 6.58 Å². The molecule has 0 aliphatic carbocycles. The highest BCUT2D eigenvalue weighted by atomic mass is 16.2. The summed E-state index contributed by atoms with van der Waals surface area (Å²) in [5, 5.41) is 6.84. The second kappa shape index (κ2) is 6.08. The van der Waals surface area contributed by atoms with E-state index in [2.05, 4.69) is 23.7 Å². The van der Waals surface area contributed by atoms with E-state index in [0.29, 0.717) is 24.5 Å². The van der Waals surface area contributed by atoms with Crippen LogP contribution >= 0.6 is 0 Å². The Labute approximate surface area is 102 Å². The van der Waals surface area contributed by atoms with Crippen LogP contribution in [-0.2, 0) is 6.42 Å². The van der Waals surface area contributed by atoms with E-state index in [9.17, 15) is 4.79 Å². The lowest BCUT2D eigenvalue weighted by molar-refractivity contribution is 0.0777. The molecule has 1 heterocycles. The summed E-state index contributed by atoms with van der Waals surface area (Å²) in [7, 11) is 0. The van der Waals surface area contributed by atoms with Gasteiger partial charge in [-0.05, 0) is 13.3 Å². The van der Waals surface area contributed by atoms with E-state index < -0.39 is 0 Å². The third kappa shape index (κ3) is 2.87. The molecule has 5 nitrogen and oxygen atoms in total. The van der Waals surface area contributed by atoms with E-state index in [-0.39, 0.29) is 5.91 Å². The zero-order valence-corrected chi connectivity index (χ0v) is 10.5. The molecule has 1 aromatic heterocycles. The number of nitrogens with two attached hydrogens (primary N) is 1. The fourth-order valence-electron chi connectivity index (χ4n) is 1.65. The number of carbonyl (C=O) groups is 1. The molecular weight excluding hydrogens is 216 g/mol. The summed E-state index contributed by atoms with van der Waals surface area (Å²) in [5.41, 5.74) is 7.54. The van der Waals surface area contributed by atoms with Crippen molar-refractivity contribution in [2.75, 3.05) is 18.8 Å². The Morgan fingerprint density at radius 2 is 2.29 bits per heavy atom. The molecule has 0 atom stereocenters. The molecule has 0 aromatic carbocycles. The molecule has 0 fully saturated rings. The van der Waals surface area contributed by atoms with Crippen molar-refractivity contribution in [2.24, 2.45) is 0 Å². The van der Waals surface area contributed by atoms with E-state index in [0.717, 1.165) is 18.5 Å². The van der Waals surface area contributed by atoms with Crippen LogP contribution in [-0.4, -0.2) is 34.1 Å². The minimum Gasteiger partial charge on any atom is -0.395 e.